The van der Waals surface area contributed by atoms with Gasteiger partial charge in [0.2, 0.25) is 11.9 Å². The number of anilines is 3. The largest absolute Gasteiger partial charge is 0.493 e. The topological polar surface area (TPSA) is 133 Å². The number of ether oxygens (including phenoxy) is 3. The zero-order valence-corrected chi connectivity index (χ0v) is 24.0. The number of aryl methyl sites for hydroxylation is 1. The average molecular weight is 585 g/mol. The van der Waals surface area contributed by atoms with Crippen molar-refractivity contribution in [3.63, 3.8) is 0 Å². The molecule has 5 aromatic rings. The van der Waals surface area contributed by atoms with Crippen LogP contribution < -0.4 is 35.8 Å². The molecule has 5 rings (SSSR count). The molecule has 2 aromatic heterocycles. The highest BCUT2D eigenvalue weighted by Gasteiger charge is 2.14. The van der Waals surface area contributed by atoms with E-state index in [0.29, 0.717) is 35.4 Å². The summed E-state index contributed by atoms with van der Waals surface area (Å²) in [5, 5.41) is 10.2. The second kappa shape index (κ2) is 13.0. The molecule has 0 atom stereocenters. The number of nitrogens with zero attached hydrogens (tertiary/aromatic N) is 3. The van der Waals surface area contributed by atoms with E-state index < -0.39 is 5.63 Å². The molecule has 0 fully saturated rings. The maximum atomic E-state index is 12.2. The van der Waals surface area contributed by atoms with Crippen LogP contribution in [-0.4, -0.2) is 40.8 Å². The number of methoxy groups -OCH3 is 2. The molecule has 0 unspecified atom stereocenters. The van der Waals surface area contributed by atoms with Crippen LogP contribution in [0.3, 0.4) is 0 Å². The van der Waals surface area contributed by atoms with Crippen LogP contribution in [0.1, 0.15) is 11.1 Å². The Labute approximate surface area is 246 Å². The summed E-state index contributed by atoms with van der Waals surface area (Å²) >= 11 is 5.51. The number of nitrogens with one attached hydrogen (secondary N) is 3. The number of aromatic nitrogens is 3. The number of rotatable bonds is 10. The number of hydrogen-bond donors (Lipinski definition) is 3. The molecule has 2 heterocycles. The lowest BCUT2D eigenvalue weighted by atomic mass is 10.1. The zero-order valence-electron chi connectivity index (χ0n) is 23.1. The fraction of sp³-hybridized carbons (Fsp3) is 0.167. The van der Waals surface area contributed by atoms with Crippen LogP contribution in [0.2, 0.25) is 0 Å². The van der Waals surface area contributed by atoms with Crippen LogP contribution in [-0.2, 0) is 6.42 Å². The monoisotopic (exact) mass is 584 g/mol. The van der Waals surface area contributed by atoms with Crippen molar-refractivity contribution in [3.05, 3.63) is 94.3 Å². The minimum absolute atomic E-state index is 0.0458. The first-order chi connectivity index (χ1) is 20.4. The smallest absolute Gasteiger partial charge is 0.339 e. The van der Waals surface area contributed by atoms with E-state index >= 15 is 0 Å². The molecule has 0 aliphatic carbocycles. The maximum Gasteiger partial charge on any atom is 0.339 e. The van der Waals surface area contributed by atoms with Gasteiger partial charge in [0.15, 0.2) is 16.6 Å². The van der Waals surface area contributed by atoms with Gasteiger partial charge in [-0.05, 0) is 67.0 Å². The molecule has 214 valence electrons. The van der Waals surface area contributed by atoms with Gasteiger partial charge in [0.25, 0.3) is 0 Å². The van der Waals surface area contributed by atoms with Crippen molar-refractivity contribution >= 4 is 45.9 Å². The van der Waals surface area contributed by atoms with E-state index in [1.165, 1.54) is 6.07 Å². The molecular formula is C30H28N6O5S. The zero-order chi connectivity index (χ0) is 29.5. The van der Waals surface area contributed by atoms with Crippen LogP contribution in [0.15, 0.2) is 82.0 Å². The summed E-state index contributed by atoms with van der Waals surface area (Å²) < 4.78 is 22.0. The van der Waals surface area contributed by atoms with E-state index in [4.69, 9.17) is 30.8 Å². The van der Waals surface area contributed by atoms with Gasteiger partial charge in [-0.2, -0.15) is 15.0 Å². The van der Waals surface area contributed by atoms with E-state index in [1.54, 1.807) is 32.4 Å². The predicted molar refractivity (Wildman–Crippen MR) is 165 cm³/mol. The minimum atomic E-state index is -0.562. The number of para-hydroxylation sites is 2. The molecule has 0 aliphatic heterocycles. The molecule has 0 bridgehead atoms. The molecule has 0 radical (unpaired) electrons. The van der Waals surface area contributed by atoms with E-state index in [9.17, 15) is 4.79 Å². The Hall–Kier alpha value is -5.23. The Morgan fingerprint density at radius 2 is 1.62 bits per heavy atom. The molecule has 0 spiro atoms. The van der Waals surface area contributed by atoms with Crippen molar-refractivity contribution in [1.82, 2.24) is 15.0 Å². The lowest BCUT2D eigenvalue weighted by Gasteiger charge is -2.14. The van der Waals surface area contributed by atoms with Gasteiger partial charge in [-0.1, -0.05) is 36.4 Å². The van der Waals surface area contributed by atoms with Crippen molar-refractivity contribution in [2.75, 3.05) is 36.7 Å². The van der Waals surface area contributed by atoms with Gasteiger partial charge in [-0.15, -0.1) is 0 Å². The highest BCUT2D eigenvalue weighted by molar-refractivity contribution is 7.80. The van der Waals surface area contributed by atoms with Gasteiger partial charge in [0, 0.05) is 12.2 Å². The molecule has 0 saturated heterocycles. The first-order valence-electron chi connectivity index (χ1n) is 13.0. The standard InChI is InChI=1S/C30H28N6O5S/c1-18-8-4-6-10-21(18)32-30(42)36-28-33-27(31-15-14-19-12-13-23(38-2)25(16-19)39-3)34-29(35-28)41-24-17-26(37)40-22-11-7-5-9-20(22)24/h4-13,16-17H,14-15H2,1-3H3,(H3,31,32,33,34,35,36,42). The minimum Gasteiger partial charge on any atom is -0.493 e. The quantitative estimate of drug-likeness (QED) is 0.140. The molecule has 0 aliphatic rings. The maximum absolute atomic E-state index is 12.2. The van der Waals surface area contributed by atoms with Crippen molar-refractivity contribution in [2.45, 2.75) is 13.3 Å². The van der Waals surface area contributed by atoms with Crippen molar-refractivity contribution < 1.29 is 18.6 Å². The van der Waals surface area contributed by atoms with Crippen LogP contribution in [0, 0.1) is 6.92 Å². The van der Waals surface area contributed by atoms with Gasteiger partial charge in [-0.3, -0.25) is 0 Å². The molecule has 12 heteroatoms. The first-order valence-corrected chi connectivity index (χ1v) is 13.4. The Morgan fingerprint density at radius 1 is 0.857 bits per heavy atom. The summed E-state index contributed by atoms with van der Waals surface area (Å²) in [6.07, 6.45) is 0.641. The Morgan fingerprint density at radius 3 is 2.43 bits per heavy atom. The average Bonchev–Trinajstić information content (AvgIpc) is 2.98. The summed E-state index contributed by atoms with van der Waals surface area (Å²) in [4.78, 5) is 25.5. The molecule has 42 heavy (non-hydrogen) atoms. The molecular weight excluding hydrogens is 556 g/mol. The van der Waals surface area contributed by atoms with Gasteiger partial charge in [0.1, 0.15) is 11.3 Å². The van der Waals surface area contributed by atoms with Crippen molar-refractivity contribution in [2.24, 2.45) is 0 Å². The molecule has 3 N–H and O–H groups in total. The van der Waals surface area contributed by atoms with Crippen LogP contribution in [0.4, 0.5) is 17.6 Å². The summed E-state index contributed by atoms with van der Waals surface area (Å²) in [5.41, 5.74) is 2.71. The number of thiocarbonyl (C=S) groups is 1. The lowest BCUT2D eigenvalue weighted by molar-refractivity contribution is 0.354. The summed E-state index contributed by atoms with van der Waals surface area (Å²) in [6, 6.07) is 21.7. The van der Waals surface area contributed by atoms with Crippen molar-refractivity contribution in [1.29, 1.82) is 0 Å². The third-order valence-electron chi connectivity index (χ3n) is 6.19. The summed E-state index contributed by atoms with van der Waals surface area (Å²) in [6.45, 7) is 2.46. The molecule has 3 aromatic carbocycles. The fourth-order valence-electron chi connectivity index (χ4n) is 4.12. The van der Waals surface area contributed by atoms with Gasteiger partial charge in [0.05, 0.1) is 25.7 Å². The SMILES string of the molecule is COc1ccc(CCNc2nc(NC(=S)Nc3ccccc3C)nc(Oc3cc(=O)oc4ccccc34)n2)cc1OC. The van der Waals surface area contributed by atoms with E-state index in [2.05, 4.69) is 30.9 Å². The summed E-state index contributed by atoms with van der Waals surface area (Å²) in [7, 11) is 3.19. The highest BCUT2D eigenvalue weighted by atomic mass is 32.1. The Kier molecular flexibility index (Phi) is 8.73. The van der Waals surface area contributed by atoms with E-state index in [-0.39, 0.29) is 28.8 Å². The Balaban J connectivity index is 1.39. The first kappa shape index (κ1) is 28.3. The molecule has 0 saturated carbocycles. The predicted octanol–water partition coefficient (Wildman–Crippen LogP) is 5.56. The van der Waals surface area contributed by atoms with E-state index in [1.807, 2.05) is 55.5 Å². The van der Waals surface area contributed by atoms with Gasteiger partial charge < -0.3 is 34.6 Å². The van der Waals surface area contributed by atoms with Crippen LogP contribution in [0.5, 0.6) is 23.3 Å². The Bertz CT molecular complexity index is 1790. The third kappa shape index (κ3) is 6.91. The normalized spacial score (nSPS) is 10.6. The van der Waals surface area contributed by atoms with Crippen molar-refractivity contribution in [3.8, 4) is 23.3 Å². The second-order valence-electron chi connectivity index (χ2n) is 9.05. The number of fused-ring (bicyclic) bond motifs is 1. The van der Waals surface area contributed by atoms with Crippen LogP contribution >= 0.6 is 12.2 Å². The number of benzene rings is 3. The van der Waals surface area contributed by atoms with E-state index in [0.717, 1.165) is 16.8 Å². The van der Waals surface area contributed by atoms with Gasteiger partial charge >= 0.3 is 11.6 Å². The summed E-state index contributed by atoms with van der Waals surface area (Å²) in [5.74, 6) is 1.94. The fourth-order valence-corrected chi connectivity index (χ4v) is 4.33. The molecule has 11 nitrogen and oxygen atoms in total. The lowest BCUT2D eigenvalue weighted by Crippen LogP contribution is -2.22. The van der Waals surface area contributed by atoms with Gasteiger partial charge in [-0.25, -0.2) is 4.79 Å². The molecule has 0 amide bonds. The number of hydrogen-bond acceptors (Lipinski definition) is 10. The van der Waals surface area contributed by atoms with Crippen LogP contribution in [0.25, 0.3) is 11.0 Å². The third-order valence-corrected chi connectivity index (χ3v) is 6.40. The second-order valence-corrected chi connectivity index (χ2v) is 9.46. The highest BCUT2D eigenvalue weighted by Crippen LogP contribution is 2.29.